The van der Waals surface area contributed by atoms with Crippen molar-refractivity contribution in [3.05, 3.63) is 59.4 Å². The second kappa shape index (κ2) is 5.53. The predicted octanol–water partition coefficient (Wildman–Crippen LogP) is 2.63. The van der Waals surface area contributed by atoms with Crippen LogP contribution in [0.15, 0.2) is 47.4 Å². The van der Waals surface area contributed by atoms with E-state index in [1.807, 2.05) is 4.72 Å². The second-order valence-corrected chi connectivity index (χ2v) is 6.07. The van der Waals surface area contributed by atoms with Gasteiger partial charge in [-0.25, -0.2) is 17.6 Å². The van der Waals surface area contributed by atoms with Gasteiger partial charge in [-0.2, -0.15) is 0 Å². The molecule has 2 aromatic rings. The summed E-state index contributed by atoms with van der Waals surface area (Å²) in [6.45, 7) is 1.79. The Hall–Kier alpha value is -2.41. The average molecular weight is 309 g/mol. The fourth-order valence-corrected chi connectivity index (χ4v) is 2.81. The lowest BCUT2D eigenvalue weighted by Gasteiger charge is -2.11. The first-order chi connectivity index (χ1) is 9.81. The van der Waals surface area contributed by atoms with Crippen molar-refractivity contribution in [1.82, 2.24) is 0 Å². The number of carboxylic acids is 1. The molecule has 7 heteroatoms. The molecule has 5 nitrogen and oxygen atoms in total. The SMILES string of the molecule is Cc1ccc(S(=O)(=O)Nc2c(F)cccc2C(=O)O)cc1. The van der Waals surface area contributed by atoms with Gasteiger partial charge < -0.3 is 5.11 Å². The van der Waals surface area contributed by atoms with E-state index in [0.717, 1.165) is 17.7 Å². The summed E-state index contributed by atoms with van der Waals surface area (Å²) in [5.41, 5.74) is -0.165. The predicted molar refractivity (Wildman–Crippen MR) is 75.3 cm³/mol. The van der Waals surface area contributed by atoms with E-state index >= 15 is 0 Å². The lowest BCUT2D eigenvalue weighted by Crippen LogP contribution is -2.16. The third-order valence-electron chi connectivity index (χ3n) is 2.81. The van der Waals surface area contributed by atoms with Crippen LogP contribution in [-0.4, -0.2) is 19.5 Å². The molecule has 2 N–H and O–H groups in total. The van der Waals surface area contributed by atoms with Crippen molar-refractivity contribution in [2.45, 2.75) is 11.8 Å². The second-order valence-electron chi connectivity index (χ2n) is 4.39. The normalized spacial score (nSPS) is 11.1. The minimum absolute atomic E-state index is 0.0762. The molecule has 0 fully saturated rings. The van der Waals surface area contributed by atoms with Gasteiger partial charge in [0.15, 0.2) is 0 Å². The van der Waals surface area contributed by atoms with Crippen molar-refractivity contribution in [1.29, 1.82) is 0 Å². The summed E-state index contributed by atoms with van der Waals surface area (Å²) in [4.78, 5) is 11.0. The number of benzene rings is 2. The number of nitrogens with one attached hydrogen (secondary N) is 1. The number of halogens is 1. The summed E-state index contributed by atoms with van der Waals surface area (Å²) in [6, 6.07) is 9.21. The summed E-state index contributed by atoms with van der Waals surface area (Å²) in [7, 11) is -4.06. The lowest BCUT2D eigenvalue weighted by atomic mass is 10.2. The van der Waals surface area contributed by atoms with Crippen LogP contribution in [0.1, 0.15) is 15.9 Å². The zero-order chi connectivity index (χ0) is 15.6. The summed E-state index contributed by atoms with van der Waals surface area (Å²) in [5, 5.41) is 8.99. The first-order valence-electron chi connectivity index (χ1n) is 5.92. The maximum Gasteiger partial charge on any atom is 0.337 e. The van der Waals surface area contributed by atoms with Gasteiger partial charge in [-0.15, -0.1) is 0 Å². The van der Waals surface area contributed by atoms with Crippen molar-refractivity contribution in [2.75, 3.05) is 4.72 Å². The molecule has 2 rings (SSSR count). The van der Waals surface area contributed by atoms with Gasteiger partial charge in [-0.05, 0) is 31.2 Å². The number of para-hydroxylation sites is 1. The molecule has 0 aliphatic rings. The number of hydrogen-bond acceptors (Lipinski definition) is 3. The fraction of sp³-hybridized carbons (Fsp3) is 0.0714. The van der Waals surface area contributed by atoms with Gasteiger partial charge in [0.2, 0.25) is 0 Å². The number of carbonyl (C=O) groups is 1. The van der Waals surface area contributed by atoms with Crippen LogP contribution in [0.4, 0.5) is 10.1 Å². The van der Waals surface area contributed by atoms with Gasteiger partial charge in [0, 0.05) is 0 Å². The molecule has 0 aliphatic carbocycles. The first kappa shape index (κ1) is 15.0. The van der Waals surface area contributed by atoms with Gasteiger partial charge in [-0.3, -0.25) is 4.72 Å². The van der Waals surface area contributed by atoms with Crippen LogP contribution in [0, 0.1) is 12.7 Å². The van der Waals surface area contributed by atoms with Crippen molar-refractivity contribution in [2.24, 2.45) is 0 Å². The van der Waals surface area contributed by atoms with Crippen LogP contribution in [0.2, 0.25) is 0 Å². The zero-order valence-corrected chi connectivity index (χ0v) is 11.8. The molecular formula is C14H12FNO4S. The average Bonchev–Trinajstić information content (AvgIpc) is 2.41. The molecule has 0 amide bonds. The Bertz CT molecular complexity index is 785. The van der Waals surface area contributed by atoms with E-state index in [2.05, 4.69) is 0 Å². The molecule has 0 unspecified atom stereocenters. The number of carboxylic acid groups (broad SMARTS) is 1. The Morgan fingerprint density at radius 1 is 1.14 bits per heavy atom. The fourth-order valence-electron chi connectivity index (χ4n) is 1.72. The van der Waals surface area contributed by atoms with Crippen molar-refractivity contribution in [3.63, 3.8) is 0 Å². The molecule has 0 bridgehead atoms. The number of aryl methyl sites for hydroxylation is 1. The Kier molecular flexibility index (Phi) is 3.95. The topological polar surface area (TPSA) is 83.5 Å². The molecule has 21 heavy (non-hydrogen) atoms. The van der Waals surface area contributed by atoms with Gasteiger partial charge >= 0.3 is 5.97 Å². The molecule has 0 heterocycles. The van der Waals surface area contributed by atoms with E-state index in [0.29, 0.717) is 0 Å². The molecular weight excluding hydrogens is 297 g/mol. The quantitative estimate of drug-likeness (QED) is 0.909. The highest BCUT2D eigenvalue weighted by atomic mass is 32.2. The monoisotopic (exact) mass is 309 g/mol. The molecule has 0 saturated carbocycles. The Morgan fingerprint density at radius 3 is 2.33 bits per heavy atom. The van der Waals surface area contributed by atoms with E-state index in [-0.39, 0.29) is 4.90 Å². The smallest absolute Gasteiger partial charge is 0.337 e. The molecule has 0 atom stereocenters. The summed E-state index contributed by atoms with van der Waals surface area (Å²) in [6.07, 6.45) is 0. The highest BCUT2D eigenvalue weighted by molar-refractivity contribution is 7.92. The van der Waals surface area contributed by atoms with Crippen LogP contribution in [0.3, 0.4) is 0 Å². The lowest BCUT2D eigenvalue weighted by molar-refractivity contribution is 0.0697. The number of anilines is 1. The van der Waals surface area contributed by atoms with Crippen LogP contribution in [0.5, 0.6) is 0 Å². The van der Waals surface area contributed by atoms with Crippen molar-refractivity contribution in [3.8, 4) is 0 Å². The van der Waals surface area contributed by atoms with Crippen LogP contribution in [0.25, 0.3) is 0 Å². The molecule has 0 radical (unpaired) electrons. The summed E-state index contributed by atoms with van der Waals surface area (Å²) in [5.74, 6) is -2.37. The zero-order valence-electron chi connectivity index (χ0n) is 11.0. The number of sulfonamides is 1. The number of rotatable bonds is 4. The standard InChI is InChI=1S/C14H12FNO4S/c1-9-5-7-10(8-6-9)21(19,20)16-13-11(14(17)18)3-2-4-12(13)15/h2-8,16H,1H3,(H,17,18). The Morgan fingerprint density at radius 2 is 1.76 bits per heavy atom. The van der Waals surface area contributed by atoms with E-state index in [1.54, 1.807) is 19.1 Å². The Balaban J connectivity index is 2.46. The minimum Gasteiger partial charge on any atom is -0.478 e. The van der Waals surface area contributed by atoms with Crippen molar-refractivity contribution < 1.29 is 22.7 Å². The Labute approximate surface area is 121 Å². The molecule has 0 aromatic heterocycles. The van der Waals surface area contributed by atoms with Gasteiger partial charge in [0.25, 0.3) is 10.0 Å². The van der Waals surface area contributed by atoms with E-state index in [4.69, 9.17) is 5.11 Å². The summed E-state index contributed by atoms with van der Waals surface area (Å²) >= 11 is 0. The maximum atomic E-state index is 13.7. The molecule has 0 spiro atoms. The minimum atomic E-state index is -4.06. The van der Waals surface area contributed by atoms with Gasteiger partial charge in [-0.1, -0.05) is 23.8 Å². The van der Waals surface area contributed by atoms with E-state index < -0.39 is 33.1 Å². The largest absolute Gasteiger partial charge is 0.478 e. The van der Waals surface area contributed by atoms with E-state index in [9.17, 15) is 17.6 Å². The summed E-state index contributed by atoms with van der Waals surface area (Å²) < 4.78 is 40.1. The molecule has 0 aliphatic heterocycles. The highest BCUT2D eigenvalue weighted by Crippen LogP contribution is 2.23. The number of aromatic carboxylic acids is 1. The van der Waals surface area contributed by atoms with E-state index in [1.165, 1.54) is 18.2 Å². The molecule has 110 valence electrons. The van der Waals surface area contributed by atoms with Crippen LogP contribution < -0.4 is 4.72 Å². The third-order valence-corrected chi connectivity index (χ3v) is 4.18. The van der Waals surface area contributed by atoms with Gasteiger partial charge in [0.1, 0.15) is 5.82 Å². The number of hydrogen-bond donors (Lipinski definition) is 2. The molecule has 0 saturated heterocycles. The third kappa shape index (κ3) is 3.19. The van der Waals surface area contributed by atoms with Crippen LogP contribution >= 0.6 is 0 Å². The van der Waals surface area contributed by atoms with Crippen LogP contribution in [-0.2, 0) is 10.0 Å². The molecule has 2 aromatic carbocycles. The first-order valence-corrected chi connectivity index (χ1v) is 7.41. The van der Waals surface area contributed by atoms with Crippen molar-refractivity contribution >= 4 is 21.7 Å². The van der Waals surface area contributed by atoms with Gasteiger partial charge in [0.05, 0.1) is 16.1 Å². The maximum absolute atomic E-state index is 13.7. The highest BCUT2D eigenvalue weighted by Gasteiger charge is 2.21.